The average Bonchev–Trinajstić information content (AvgIpc) is 2.71. The first kappa shape index (κ1) is 20.9. The lowest BCUT2D eigenvalue weighted by atomic mass is 10.0. The third-order valence-corrected chi connectivity index (χ3v) is 4.75. The van der Waals surface area contributed by atoms with Crippen molar-refractivity contribution >= 4 is 45.1 Å². The summed E-state index contributed by atoms with van der Waals surface area (Å²) in [6.07, 6.45) is 1.77. The Morgan fingerprint density at radius 3 is 2.79 bits per heavy atom. The van der Waals surface area contributed by atoms with Gasteiger partial charge in [0.2, 0.25) is 5.91 Å². The van der Waals surface area contributed by atoms with Gasteiger partial charge < -0.3 is 20.1 Å². The molecular weight excluding hydrogens is 440 g/mol. The van der Waals surface area contributed by atoms with E-state index in [-0.39, 0.29) is 18.1 Å². The summed E-state index contributed by atoms with van der Waals surface area (Å²) in [5.74, 6) is -0.370. The molecule has 8 heteroatoms. The van der Waals surface area contributed by atoms with Crippen LogP contribution in [-0.4, -0.2) is 31.0 Å². The Hall–Kier alpha value is -2.87. The van der Waals surface area contributed by atoms with Crippen molar-refractivity contribution in [3.8, 4) is 5.75 Å². The fourth-order valence-electron chi connectivity index (χ4n) is 2.85. The molecule has 0 saturated carbocycles. The Labute approximate surface area is 176 Å². The predicted octanol–water partition coefficient (Wildman–Crippen LogP) is 3.92. The first-order chi connectivity index (χ1) is 14.0. The van der Waals surface area contributed by atoms with E-state index in [0.29, 0.717) is 41.8 Å². The van der Waals surface area contributed by atoms with Crippen LogP contribution in [0.4, 0.5) is 11.4 Å². The summed E-state index contributed by atoms with van der Waals surface area (Å²) in [6, 6.07) is 10.2. The van der Waals surface area contributed by atoms with Gasteiger partial charge in [-0.15, -0.1) is 0 Å². The van der Waals surface area contributed by atoms with Gasteiger partial charge in [0.05, 0.1) is 17.9 Å². The number of aryl methyl sites for hydroxylation is 1. The molecule has 2 N–H and O–H groups in total. The average molecular weight is 461 g/mol. The molecule has 0 atom stereocenters. The number of amides is 2. The molecule has 2 aromatic carbocycles. The van der Waals surface area contributed by atoms with Gasteiger partial charge >= 0.3 is 5.97 Å². The smallest absolute Gasteiger partial charge is 0.340 e. The molecule has 152 valence electrons. The van der Waals surface area contributed by atoms with E-state index in [1.54, 1.807) is 30.3 Å². The first-order valence-electron chi connectivity index (χ1n) is 9.28. The minimum absolute atomic E-state index is 0.00619. The number of hydrogen-bond acceptors (Lipinski definition) is 5. The van der Waals surface area contributed by atoms with Crippen LogP contribution >= 0.6 is 15.9 Å². The molecule has 0 radical (unpaired) electrons. The van der Waals surface area contributed by atoms with Gasteiger partial charge in [0, 0.05) is 16.6 Å². The molecule has 2 aromatic rings. The third-order valence-electron chi connectivity index (χ3n) is 4.26. The van der Waals surface area contributed by atoms with E-state index in [4.69, 9.17) is 9.47 Å². The highest BCUT2D eigenvalue weighted by Crippen LogP contribution is 2.27. The van der Waals surface area contributed by atoms with Crippen molar-refractivity contribution in [2.24, 2.45) is 0 Å². The number of hydrogen-bond donors (Lipinski definition) is 2. The Kier molecular flexibility index (Phi) is 6.87. The highest BCUT2D eigenvalue weighted by atomic mass is 79.9. The number of halogens is 1. The van der Waals surface area contributed by atoms with Crippen LogP contribution in [-0.2, 0) is 20.7 Å². The maximum Gasteiger partial charge on any atom is 0.340 e. The lowest BCUT2D eigenvalue weighted by Gasteiger charge is -2.17. The minimum atomic E-state index is -0.499. The summed E-state index contributed by atoms with van der Waals surface area (Å²) in [4.78, 5) is 36.0. The molecule has 1 aliphatic heterocycles. The predicted molar refractivity (Wildman–Crippen MR) is 112 cm³/mol. The van der Waals surface area contributed by atoms with Crippen LogP contribution in [0.25, 0.3) is 0 Å². The second kappa shape index (κ2) is 9.56. The SMILES string of the molecule is CCCOC(=O)c1cc(Br)ccc1NC(=O)COc1ccc2c(c1)CCC(=O)N2. The lowest BCUT2D eigenvalue weighted by Crippen LogP contribution is -2.22. The molecule has 29 heavy (non-hydrogen) atoms. The van der Waals surface area contributed by atoms with Crippen LogP contribution in [0, 0.1) is 0 Å². The van der Waals surface area contributed by atoms with Gasteiger partial charge in [-0.2, -0.15) is 0 Å². The first-order valence-corrected chi connectivity index (χ1v) is 10.1. The zero-order valence-electron chi connectivity index (χ0n) is 15.9. The monoisotopic (exact) mass is 460 g/mol. The fraction of sp³-hybridized carbons (Fsp3) is 0.286. The quantitative estimate of drug-likeness (QED) is 0.610. The molecule has 0 saturated heterocycles. The van der Waals surface area contributed by atoms with Gasteiger partial charge in [0.15, 0.2) is 6.61 Å². The van der Waals surface area contributed by atoms with Crippen molar-refractivity contribution in [2.45, 2.75) is 26.2 Å². The number of esters is 1. The zero-order chi connectivity index (χ0) is 20.8. The Morgan fingerprint density at radius 2 is 2.00 bits per heavy atom. The normalized spacial score (nSPS) is 12.6. The molecule has 0 unspecified atom stereocenters. The molecule has 7 nitrogen and oxygen atoms in total. The van der Waals surface area contributed by atoms with Gasteiger partial charge in [-0.05, 0) is 54.8 Å². The van der Waals surface area contributed by atoms with Gasteiger partial charge in [-0.3, -0.25) is 9.59 Å². The molecule has 0 aromatic heterocycles. The number of benzene rings is 2. The minimum Gasteiger partial charge on any atom is -0.484 e. The van der Waals surface area contributed by atoms with E-state index in [2.05, 4.69) is 26.6 Å². The summed E-state index contributed by atoms with van der Waals surface area (Å²) in [6.45, 7) is 1.99. The van der Waals surface area contributed by atoms with E-state index in [0.717, 1.165) is 11.3 Å². The summed E-state index contributed by atoms with van der Waals surface area (Å²) < 4.78 is 11.4. The van der Waals surface area contributed by atoms with Crippen molar-refractivity contribution in [1.29, 1.82) is 0 Å². The van der Waals surface area contributed by atoms with Crippen molar-refractivity contribution in [3.05, 3.63) is 52.0 Å². The standard InChI is InChI=1S/C21H21BrN2O5/c1-2-9-28-21(27)16-11-14(22)4-6-18(16)24-20(26)12-29-15-5-7-17-13(10-15)3-8-19(25)23-17/h4-7,10-11H,2-3,8-9,12H2,1H3,(H,23,25)(H,24,26). The topological polar surface area (TPSA) is 93.7 Å². The highest BCUT2D eigenvalue weighted by molar-refractivity contribution is 9.10. The van der Waals surface area contributed by atoms with Crippen LogP contribution in [0.1, 0.15) is 35.7 Å². The van der Waals surface area contributed by atoms with Crippen molar-refractivity contribution in [1.82, 2.24) is 0 Å². The summed E-state index contributed by atoms with van der Waals surface area (Å²) in [5.41, 5.74) is 2.36. The number of rotatable bonds is 7. The zero-order valence-corrected chi connectivity index (χ0v) is 17.5. The Balaban J connectivity index is 1.63. The van der Waals surface area contributed by atoms with Crippen LogP contribution in [0.5, 0.6) is 5.75 Å². The van der Waals surface area contributed by atoms with Crippen molar-refractivity contribution in [3.63, 3.8) is 0 Å². The molecule has 2 amide bonds. The van der Waals surface area contributed by atoms with Crippen molar-refractivity contribution < 1.29 is 23.9 Å². The highest BCUT2D eigenvalue weighted by Gasteiger charge is 2.17. The number of ether oxygens (including phenoxy) is 2. The second-order valence-electron chi connectivity index (χ2n) is 6.53. The molecule has 0 spiro atoms. The molecule has 0 aliphatic carbocycles. The van der Waals surface area contributed by atoms with Gasteiger partial charge in [0.25, 0.3) is 5.91 Å². The number of carbonyl (C=O) groups excluding carboxylic acids is 3. The number of anilines is 2. The third kappa shape index (κ3) is 5.57. The van der Waals surface area contributed by atoms with Crippen LogP contribution in [0.3, 0.4) is 0 Å². The van der Waals surface area contributed by atoms with Gasteiger partial charge in [-0.25, -0.2) is 4.79 Å². The largest absolute Gasteiger partial charge is 0.484 e. The fourth-order valence-corrected chi connectivity index (χ4v) is 3.21. The van der Waals surface area contributed by atoms with Crippen LogP contribution in [0.15, 0.2) is 40.9 Å². The Morgan fingerprint density at radius 1 is 1.17 bits per heavy atom. The second-order valence-corrected chi connectivity index (χ2v) is 7.45. The summed E-state index contributed by atoms with van der Waals surface area (Å²) in [5, 5.41) is 5.49. The van der Waals surface area contributed by atoms with Crippen LogP contribution < -0.4 is 15.4 Å². The lowest BCUT2D eigenvalue weighted by molar-refractivity contribution is -0.118. The maximum absolute atomic E-state index is 12.3. The Bertz CT molecular complexity index is 945. The van der Waals surface area contributed by atoms with Crippen molar-refractivity contribution in [2.75, 3.05) is 23.8 Å². The molecule has 0 fully saturated rings. The number of carbonyl (C=O) groups is 3. The van der Waals surface area contributed by atoms with Crippen LogP contribution in [0.2, 0.25) is 0 Å². The molecule has 0 bridgehead atoms. The summed E-state index contributed by atoms with van der Waals surface area (Å²) in [7, 11) is 0. The van der Waals surface area contributed by atoms with E-state index in [9.17, 15) is 14.4 Å². The number of fused-ring (bicyclic) bond motifs is 1. The van der Waals surface area contributed by atoms with E-state index in [1.165, 1.54) is 0 Å². The molecule has 1 heterocycles. The van der Waals surface area contributed by atoms with E-state index >= 15 is 0 Å². The van der Waals surface area contributed by atoms with E-state index in [1.807, 2.05) is 13.0 Å². The molecule has 3 rings (SSSR count). The molecular formula is C21H21BrN2O5. The van der Waals surface area contributed by atoms with E-state index < -0.39 is 11.9 Å². The number of nitrogens with one attached hydrogen (secondary N) is 2. The molecule has 1 aliphatic rings. The van der Waals surface area contributed by atoms with Gasteiger partial charge in [0.1, 0.15) is 5.75 Å². The van der Waals surface area contributed by atoms with Gasteiger partial charge in [-0.1, -0.05) is 22.9 Å². The maximum atomic E-state index is 12.3. The summed E-state index contributed by atoms with van der Waals surface area (Å²) >= 11 is 3.32.